The molecule has 2 heterocycles. The molecule has 124 valence electrons. The minimum Gasteiger partial charge on any atom is -0.370 e. The molecule has 1 saturated heterocycles. The van der Waals surface area contributed by atoms with Crippen molar-refractivity contribution in [2.45, 2.75) is 33.1 Å². The Bertz CT molecular complexity index is 791. The molecule has 0 amide bonds. The number of nitriles is 1. The van der Waals surface area contributed by atoms with Gasteiger partial charge in [-0.1, -0.05) is 5.16 Å². The number of aromatic nitrogens is 2. The topological polar surface area (TPSA) is 83.0 Å². The van der Waals surface area contributed by atoms with E-state index < -0.39 is 0 Å². The molecule has 0 radical (unpaired) electrons. The molecule has 1 aromatic heterocycles. The first-order chi connectivity index (χ1) is 11.6. The number of hydrogen-bond acceptors (Lipinski definition) is 6. The summed E-state index contributed by atoms with van der Waals surface area (Å²) in [7, 11) is 0. The Morgan fingerprint density at radius 3 is 3.00 bits per heavy atom. The number of benzene rings is 1. The van der Waals surface area contributed by atoms with Crippen molar-refractivity contribution >= 4 is 11.5 Å². The molecular formula is C18H20N4O2. The Balaban J connectivity index is 1.80. The van der Waals surface area contributed by atoms with Gasteiger partial charge >= 0.3 is 0 Å². The number of rotatable bonds is 4. The summed E-state index contributed by atoms with van der Waals surface area (Å²) in [5, 5.41) is 13.4. The van der Waals surface area contributed by atoms with E-state index >= 15 is 0 Å². The van der Waals surface area contributed by atoms with Crippen LogP contribution >= 0.6 is 0 Å². The van der Waals surface area contributed by atoms with Gasteiger partial charge in [0.15, 0.2) is 11.6 Å². The molecule has 0 saturated carbocycles. The first kappa shape index (κ1) is 16.2. The number of carbonyl (C=O) groups excluding carboxylic acids is 1. The van der Waals surface area contributed by atoms with Crippen molar-refractivity contribution < 1.29 is 9.32 Å². The molecule has 6 heteroatoms. The number of piperidine rings is 1. The molecule has 2 aromatic rings. The molecule has 1 atom stereocenters. The fourth-order valence-corrected chi connectivity index (χ4v) is 3.24. The molecule has 24 heavy (non-hydrogen) atoms. The zero-order valence-corrected chi connectivity index (χ0v) is 14.0. The van der Waals surface area contributed by atoms with E-state index in [0.717, 1.165) is 43.9 Å². The molecular weight excluding hydrogens is 304 g/mol. The van der Waals surface area contributed by atoms with Crippen molar-refractivity contribution in [1.82, 2.24) is 10.1 Å². The van der Waals surface area contributed by atoms with E-state index in [9.17, 15) is 10.1 Å². The first-order valence-corrected chi connectivity index (χ1v) is 8.16. The third-order valence-electron chi connectivity index (χ3n) is 4.43. The van der Waals surface area contributed by atoms with Crippen molar-refractivity contribution in [2.24, 2.45) is 5.92 Å². The smallest absolute Gasteiger partial charge is 0.223 e. The highest BCUT2D eigenvalue weighted by molar-refractivity contribution is 5.95. The molecule has 1 aliphatic heterocycles. The molecule has 1 aromatic carbocycles. The van der Waals surface area contributed by atoms with Crippen LogP contribution in [0.2, 0.25) is 0 Å². The summed E-state index contributed by atoms with van der Waals surface area (Å²) in [5.74, 6) is 1.73. The minimum atomic E-state index is 0.0107. The Kier molecular flexibility index (Phi) is 4.61. The number of aryl methyl sites for hydroxylation is 1. The van der Waals surface area contributed by atoms with Crippen LogP contribution in [0.5, 0.6) is 0 Å². The average Bonchev–Trinajstić information content (AvgIpc) is 2.99. The highest BCUT2D eigenvalue weighted by Crippen LogP contribution is 2.28. The van der Waals surface area contributed by atoms with Gasteiger partial charge in [0.25, 0.3) is 0 Å². The Labute approximate surface area is 141 Å². The number of carbonyl (C=O) groups is 1. The molecule has 1 fully saturated rings. The largest absolute Gasteiger partial charge is 0.370 e. The number of hydrogen-bond donors (Lipinski definition) is 0. The Morgan fingerprint density at radius 1 is 1.50 bits per heavy atom. The molecule has 0 N–H and O–H groups in total. The summed E-state index contributed by atoms with van der Waals surface area (Å²) >= 11 is 0. The monoisotopic (exact) mass is 324 g/mol. The van der Waals surface area contributed by atoms with Crippen LogP contribution in [0.1, 0.15) is 47.4 Å². The lowest BCUT2D eigenvalue weighted by Gasteiger charge is -2.34. The molecule has 1 unspecified atom stereocenters. The van der Waals surface area contributed by atoms with Gasteiger partial charge in [0.1, 0.15) is 6.07 Å². The fourth-order valence-electron chi connectivity index (χ4n) is 3.24. The van der Waals surface area contributed by atoms with Crippen LogP contribution in [-0.4, -0.2) is 29.0 Å². The van der Waals surface area contributed by atoms with Gasteiger partial charge < -0.3 is 9.42 Å². The van der Waals surface area contributed by atoms with E-state index in [1.165, 1.54) is 0 Å². The molecule has 3 rings (SSSR count). The van der Waals surface area contributed by atoms with Gasteiger partial charge in [0.05, 0.1) is 11.3 Å². The lowest BCUT2D eigenvalue weighted by Crippen LogP contribution is -2.37. The van der Waals surface area contributed by atoms with Crippen molar-refractivity contribution in [3.63, 3.8) is 0 Å². The molecule has 0 aliphatic carbocycles. The van der Waals surface area contributed by atoms with Gasteiger partial charge in [-0.05, 0) is 43.9 Å². The number of anilines is 1. The van der Waals surface area contributed by atoms with Crippen molar-refractivity contribution in [2.75, 3.05) is 18.0 Å². The number of ketones is 1. The van der Waals surface area contributed by atoms with Crippen molar-refractivity contribution in [1.29, 1.82) is 5.26 Å². The maximum Gasteiger partial charge on any atom is 0.223 e. The highest BCUT2D eigenvalue weighted by atomic mass is 16.5. The van der Waals surface area contributed by atoms with Crippen molar-refractivity contribution in [3.05, 3.63) is 41.0 Å². The van der Waals surface area contributed by atoms with E-state index in [0.29, 0.717) is 22.9 Å². The molecule has 1 aliphatic rings. The average molecular weight is 324 g/mol. The maximum absolute atomic E-state index is 11.7. The van der Waals surface area contributed by atoms with Gasteiger partial charge in [-0.25, -0.2) is 0 Å². The van der Waals surface area contributed by atoms with E-state index in [-0.39, 0.29) is 5.78 Å². The van der Waals surface area contributed by atoms with E-state index in [1.54, 1.807) is 26.0 Å². The summed E-state index contributed by atoms with van der Waals surface area (Å²) in [6.45, 7) is 5.04. The fraction of sp³-hybridized carbons (Fsp3) is 0.444. The summed E-state index contributed by atoms with van der Waals surface area (Å²) in [5.41, 5.74) is 2.09. The van der Waals surface area contributed by atoms with Crippen LogP contribution in [-0.2, 0) is 6.42 Å². The normalized spacial score (nSPS) is 17.5. The van der Waals surface area contributed by atoms with Gasteiger partial charge in [-0.2, -0.15) is 10.2 Å². The lowest BCUT2D eigenvalue weighted by atomic mass is 9.93. The lowest BCUT2D eigenvalue weighted by molar-refractivity contribution is 0.101. The quantitative estimate of drug-likeness (QED) is 0.804. The highest BCUT2D eigenvalue weighted by Gasteiger charge is 2.24. The van der Waals surface area contributed by atoms with Gasteiger partial charge in [0.2, 0.25) is 5.89 Å². The van der Waals surface area contributed by atoms with Gasteiger partial charge in [0, 0.05) is 32.0 Å². The molecule has 0 spiro atoms. The first-order valence-electron chi connectivity index (χ1n) is 8.16. The minimum absolute atomic E-state index is 0.0107. The summed E-state index contributed by atoms with van der Waals surface area (Å²) in [4.78, 5) is 18.1. The number of nitrogens with zero attached hydrogens (tertiary/aromatic N) is 4. The van der Waals surface area contributed by atoms with E-state index in [4.69, 9.17) is 4.52 Å². The number of Topliss-reactive ketones (excluding diaryl/α,β-unsaturated/α-hetero) is 1. The third kappa shape index (κ3) is 3.46. The SMILES string of the molecule is CC(=O)c1ccc(C#N)c(N2CCCC(Cc3noc(C)n3)C2)c1. The second-order valence-corrected chi connectivity index (χ2v) is 6.29. The van der Waals surface area contributed by atoms with Crippen LogP contribution in [0.15, 0.2) is 22.7 Å². The second-order valence-electron chi connectivity index (χ2n) is 6.29. The molecule has 6 nitrogen and oxygen atoms in total. The van der Waals surface area contributed by atoms with Gasteiger partial charge in [-0.3, -0.25) is 4.79 Å². The molecule has 0 bridgehead atoms. The Morgan fingerprint density at radius 2 is 2.33 bits per heavy atom. The van der Waals surface area contributed by atoms with Crippen molar-refractivity contribution in [3.8, 4) is 6.07 Å². The van der Waals surface area contributed by atoms with E-state index in [2.05, 4.69) is 21.1 Å². The maximum atomic E-state index is 11.7. The third-order valence-corrected chi connectivity index (χ3v) is 4.43. The standard InChI is InChI=1S/C18H20N4O2/c1-12(23)15-5-6-16(10-19)17(9-15)22-7-3-4-14(11-22)8-18-20-13(2)24-21-18/h5-6,9,14H,3-4,7-8,11H2,1-2H3. The summed E-state index contributed by atoms with van der Waals surface area (Å²) in [6, 6.07) is 7.52. The van der Waals surface area contributed by atoms with Crippen LogP contribution in [0.4, 0.5) is 5.69 Å². The van der Waals surface area contributed by atoms with Crippen LogP contribution in [0.3, 0.4) is 0 Å². The van der Waals surface area contributed by atoms with Crippen LogP contribution in [0.25, 0.3) is 0 Å². The predicted octanol–water partition coefficient (Wildman–Crippen LogP) is 2.91. The zero-order valence-electron chi connectivity index (χ0n) is 14.0. The van der Waals surface area contributed by atoms with Crippen LogP contribution < -0.4 is 4.90 Å². The van der Waals surface area contributed by atoms with Crippen LogP contribution in [0, 0.1) is 24.2 Å². The second kappa shape index (κ2) is 6.83. The zero-order chi connectivity index (χ0) is 17.1. The Hall–Kier alpha value is -2.68. The predicted molar refractivity (Wildman–Crippen MR) is 88.8 cm³/mol. The summed E-state index contributed by atoms with van der Waals surface area (Å²) in [6.07, 6.45) is 2.90. The summed E-state index contributed by atoms with van der Waals surface area (Å²) < 4.78 is 5.04. The van der Waals surface area contributed by atoms with Gasteiger partial charge in [-0.15, -0.1) is 0 Å². The van der Waals surface area contributed by atoms with E-state index in [1.807, 2.05) is 6.07 Å².